The first-order valence-corrected chi connectivity index (χ1v) is 6.93. The van der Waals surface area contributed by atoms with Crippen molar-refractivity contribution in [1.82, 2.24) is 0 Å². The summed E-state index contributed by atoms with van der Waals surface area (Å²) in [6.07, 6.45) is 0. The number of halogens is 2. The maximum absolute atomic E-state index is 11.4. The minimum atomic E-state index is -1.25. The molecule has 2 amide bonds. The fourth-order valence-corrected chi connectivity index (χ4v) is 2.67. The number of rotatable bonds is 3. The third-order valence-corrected chi connectivity index (χ3v) is 4.65. The smallest absolute Gasteiger partial charge is 0.312 e. The highest BCUT2D eigenvalue weighted by Gasteiger charge is 2.35. The monoisotopic (exact) mass is 419 g/mol. The summed E-state index contributed by atoms with van der Waals surface area (Å²) in [5, 5.41) is 13.8. The number of amides is 2. The zero-order valence-electron chi connectivity index (χ0n) is 10.1. The molecule has 1 unspecified atom stereocenters. The first-order valence-electron chi connectivity index (χ1n) is 5.34. The summed E-state index contributed by atoms with van der Waals surface area (Å²) in [4.78, 5) is 37.1. The van der Waals surface area contributed by atoms with E-state index in [0.29, 0.717) is 4.47 Å². The molecule has 0 bridgehead atoms. The molecule has 21 heavy (non-hydrogen) atoms. The molecule has 1 aromatic carbocycles. The Hall–Kier alpha value is -2.01. The minimum absolute atomic E-state index is 0.110. The van der Waals surface area contributed by atoms with Gasteiger partial charge in [0, 0.05) is 4.47 Å². The van der Waals surface area contributed by atoms with Crippen LogP contribution in [0.15, 0.2) is 20.0 Å². The normalized spacial score (nSPS) is 16.5. The Labute approximate surface area is 134 Å². The number of carbonyl (C=O) groups is 2. The van der Waals surface area contributed by atoms with Gasteiger partial charge in [0.2, 0.25) is 5.91 Å². The number of nitrogens with zero attached hydrogens (tertiary/aromatic N) is 2. The Morgan fingerprint density at radius 3 is 2.48 bits per heavy atom. The van der Waals surface area contributed by atoms with Gasteiger partial charge in [-0.15, -0.1) is 0 Å². The van der Waals surface area contributed by atoms with E-state index < -0.39 is 22.8 Å². The van der Waals surface area contributed by atoms with E-state index in [0.717, 1.165) is 0 Å². The second kappa shape index (κ2) is 5.41. The predicted molar refractivity (Wildman–Crippen MR) is 81.4 cm³/mol. The molecule has 2 rings (SSSR count). The number of benzene rings is 1. The van der Waals surface area contributed by atoms with E-state index in [1.807, 2.05) is 0 Å². The van der Waals surface area contributed by atoms with Crippen LogP contribution in [0.5, 0.6) is 0 Å². The Balaban J connectivity index is 2.77. The van der Waals surface area contributed by atoms with Gasteiger partial charge in [0.1, 0.15) is 10.2 Å². The zero-order chi connectivity index (χ0) is 15.9. The highest BCUT2D eigenvalue weighted by molar-refractivity contribution is 9.13. The molecule has 0 spiro atoms. The molecule has 1 aliphatic heterocycles. The topological polar surface area (TPSA) is 154 Å². The molecule has 0 aromatic heterocycles. The summed E-state index contributed by atoms with van der Waals surface area (Å²) in [6, 6.07) is 0.228. The maximum Gasteiger partial charge on any atom is 0.312 e. The molecule has 9 nitrogen and oxygen atoms in total. The van der Waals surface area contributed by atoms with Crippen molar-refractivity contribution in [2.75, 3.05) is 5.32 Å². The molecule has 0 saturated carbocycles. The van der Waals surface area contributed by atoms with Crippen LogP contribution in [0.25, 0.3) is 0 Å². The number of nitro groups is 1. The van der Waals surface area contributed by atoms with Crippen LogP contribution in [0, 0.1) is 10.1 Å². The van der Waals surface area contributed by atoms with Gasteiger partial charge in [0.15, 0.2) is 11.7 Å². The highest BCUT2D eigenvalue weighted by atomic mass is 79.9. The van der Waals surface area contributed by atoms with Crippen LogP contribution in [0.1, 0.15) is 0 Å². The molecule has 0 radical (unpaired) electrons. The maximum atomic E-state index is 11.4. The fraction of sp³-hybridized carbons (Fsp3) is 0.100. The van der Waals surface area contributed by atoms with E-state index in [-0.39, 0.29) is 27.2 Å². The zero-order valence-corrected chi connectivity index (χ0v) is 13.3. The van der Waals surface area contributed by atoms with Crippen LogP contribution in [0.3, 0.4) is 0 Å². The number of hydrogen-bond donors (Lipinski definition) is 3. The fourth-order valence-electron chi connectivity index (χ4n) is 1.80. The van der Waals surface area contributed by atoms with Gasteiger partial charge in [-0.05, 0) is 37.9 Å². The van der Waals surface area contributed by atoms with Gasteiger partial charge in [-0.25, -0.2) is 4.99 Å². The molecule has 11 heteroatoms. The molecule has 1 atom stereocenters. The average molecular weight is 421 g/mol. The summed E-state index contributed by atoms with van der Waals surface area (Å²) in [7, 11) is 0. The standard InChI is InChI=1S/C10H7Br2N5O4/c11-2-1-3-5(8(4(2)12)17(20)21)16-7(10(14)19)6(15-3)9(13)18/h1,6,15H,(H2,13,18)(H2,14,19). The lowest BCUT2D eigenvalue weighted by Crippen LogP contribution is -2.48. The number of primary amides is 2. The molecule has 0 fully saturated rings. The summed E-state index contributed by atoms with van der Waals surface area (Å²) in [5.41, 5.74) is 9.64. The number of carbonyl (C=O) groups excluding carboxylic acids is 2. The van der Waals surface area contributed by atoms with Crippen molar-refractivity contribution in [2.45, 2.75) is 6.04 Å². The largest absolute Gasteiger partial charge is 0.368 e. The van der Waals surface area contributed by atoms with Crippen molar-refractivity contribution < 1.29 is 14.5 Å². The summed E-state index contributed by atoms with van der Waals surface area (Å²) in [6.45, 7) is 0. The van der Waals surface area contributed by atoms with Crippen molar-refractivity contribution >= 4 is 66.4 Å². The lowest BCUT2D eigenvalue weighted by molar-refractivity contribution is -0.384. The Morgan fingerprint density at radius 1 is 1.38 bits per heavy atom. The predicted octanol–water partition coefficient (Wildman–Crippen LogP) is 0.957. The third kappa shape index (κ3) is 2.61. The van der Waals surface area contributed by atoms with Crippen LogP contribution in [-0.4, -0.2) is 28.5 Å². The van der Waals surface area contributed by atoms with Gasteiger partial charge in [0.25, 0.3) is 5.91 Å². The lowest BCUT2D eigenvalue weighted by Gasteiger charge is -2.23. The van der Waals surface area contributed by atoms with Crippen molar-refractivity contribution in [1.29, 1.82) is 0 Å². The van der Waals surface area contributed by atoms with Gasteiger partial charge in [-0.1, -0.05) is 0 Å². The van der Waals surface area contributed by atoms with E-state index in [2.05, 4.69) is 42.2 Å². The third-order valence-electron chi connectivity index (χ3n) is 2.69. The van der Waals surface area contributed by atoms with Gasteiger partial charge in [0.05, 0.1) is 10.6 Å². The number of aliphatic imine (C=N–C) groups is 1. The summed E-state index contributed by atoms with van der Waals surface area (Å²) >= 11 is 6.21. The number of nitro benzene ring substituents is 1. The lowest BCUT2D eigenvalue weighted by atomic mass is 10.1. The first kappa shape index (κ1) is 15.4. The van der Waals surface area contributed by atoms with E-state index in [1.54, 1.807) is 0 Å². The number of nitrogens with one attached hydrogen (secondary N) is 1. The molecule has 0 aliphatic carbocycles. The second-order valence-electron chi connectivity index (χ2n) is 4.02. The van der Waals surface area contributed by atoms with Gasteiger partial charge >= 0.3 is 5.69 Å². The molecule has 1 aromatic rings. The number of anilines is 1. The van der Waals surface area contributed by atoms with Crippen LogP contribution in [-0.2, 0) is 9.59 Å². The quantitative estimate of drug-likeness (QED) is 0.490. The molecule has 1 aliphatic rings. The van der Waals surface area contributed by atoms with Crippen LogP contribution >= 0.6 is 31.9 Å². The van der Waals surface area contributed by atoms with E-state index in [1.165, 1.54) is 6.07 Å². The van der Waals surface area contributed by atoms with Gasteiger partial charge in [-0.3, -0.25) is 19.7 Å². The summed E-state index contributed by atoms with van der Waals surface area (Å²) < 4.78 is 0.527. The van der Waals surface area contributed by atoms with Crippen molar-refractivity contribution in [2.24, 2.45) is 16.5 Å². The van der Waals surface area contributed by atoms with Crippen LogP contribution in [0.4, 0.5) is 17.1 Å². The average Bonchev–Trinajstić information content (AvgIpc) is 2.38. The van der Waals surface area contributed by atoms with Gasteiger partial charge in [-0.2, -0.15) is 0 Å². The van der Waals surface area contributed by atoms with E-state index in [4.69, 9.17) is 11.5 Å². The SMILES string of the molecule is NC(=O)C1=Nc2c(cc(Br)c(Br)c2[N+](=O)[O-])NC1C(N)=O. The van der Waals surface area contributed by atoms with Crippen LogP contribution < -0.4 is 16.8 Å². The summed E-state index contributed by atoms with van der Waals surface area (Å²) in [5.74, 6) is -1.87. The Kier molecular flexibility index (Phi) is 3.96. The number of nitrogens with two attached hydrogens (primary N) is 2. The van der Waals surface area contributed by atoms with E-state index in [9.17, 15) is 19.7 Å². The second-order valence-corrected chi connectivity index (χ2v) is 5.66. The van der Waals surface area contributed by atoms with Crippen molar-refractivity contribution in [3.63, 3.8) is 0 Å². The molecule has 0 saturated heterocycles. The molecular formula is C10H7Br2N5O4. The van der Waals surface area contributed by atoms with Gasteiger partial charge < -0.3 is 16.8 Å². The number of hydrogen-bond acceptors (Lipinski definition) is 6. The highest BCUT2D eigenvalue weighted by Crippen LogP contribution is 2.46. The van der Waals surface area contributed by atoms with Crippen molar-refractivity contribution in [3.05, 3.63) is 25.1 Å². The molecule has 5 N–H and O–H groups in total. The first-order chi connectivity index (χ1) is 9.73. The minimum Gasteiger partial charge on any atom is -0.368 e. The molecular weight excluding hydrogens is 414 g/mol. The number of fused-ring (bicyclic) bond motifs is 1. The van der Waals surface area contributed by atoms with E-state index >= 15 is 0 Å². The van der Waals surface area contributed by atoms with Crippen molar-refractivity contribution in [3.8, 4) is 0 Å². The Bertz CT molecular complexity index is 718. The molecule has 110 valence electrons. The molecule has 1 heterocycles. The Morgan fingerprint density at radius 2 is 2.00 bits per heavy atom. The van der Waals surface area contributed by atoms with Crippen LogP contribution in [0.2, 0.25) is 0 Å².